The van der Waals surface area contributed by atoms with E-state index in [4.69, 9.17) is 4.74 Å². The molecule has 1 fully saturated rings. The molecule has 34 heavy (non-hydrogen) atoms. The highest BCUT2D eigenvalue weighted by molar-refractivity contribution is 5.83. The van der Waals surface area contributed by atoms with Crippen LogP contribution in [0.1, 0.15) is 51.1 Å². The van der Waals surface area contributed by atoms with E-state index in [1.165, 1.54) is 11.3 Å². The van der Waals surface area contributed by atoms with Crippen LogP contribution in [0.4, 0.5) is 0 Å². The van der Waals surface area contributed by atoms with Crippen molar-refractivity contribution >= 4 is 11.6 Å². The molecular formula is C27H39N5O2. The number of allylic oxidation sites excluding steroid dienone is 4. The second kappa shape index (κ2) is 9.92. The molecule has 1 aromatic rings. The zero-order chi connectivity index (χ0) is 24.5. The van der Waals surface area contributed by atoms with Gasteiger partial charge in [0, 0.05) is 43.1 Å². The van der Waals surface area contributed by atoms with Gasteiger partial charge in [0.05, 0.1) is 25.0 Å². The van der Waals surface area contributed by atoms with Crippen LogP contribution in [0, 0.1) is 5.41 Å². The molecule has 3 aliphatic rings. The van der Waals surface area contributed by atoms with Gasteiger partial charge in [-0.2, -0.15) is 5.10 Å². The molecule has 2 aliphatic heterocycles. The number of H-pyrrole nitrogens is 1. The number of amides is 1. The first-order valence-corrected chi connectivity index (χ1v) is 12.4. The maximum atomic E-state index is 13.3. The van der Waals surface area contributed by atoms with Crippen molar-refractivity contribution in [2.24, 2.45) is 5.41 Å². The Balaban J connectivity index is 1.49. The molecule has 0 bridgehead atoms. The summed E-state index contributed by atoms with van der Waals surface area (Å²) in [6.45, 7) is 15.6. The molecule has 7 nitrogen and oxygen atoms in total. The van der Waals surface area contributed by atoms with Crippen LogP contribution in [0.15, 0.2) is 42.2 Å². The van der Waals surface area contributed by atoms with E-state index in [1.807, 2.05) is 32.2 Å². The van der Waals surface area contributed by atoms with Crippen LogP contribution in [0.2, 0.25) is 0 Å². The molecule has 184 valence electrons. The minimum atomic E-state index is -0.212. The number of carbonyl (C=O) groups excluding carboxylic acids is 1. The van der Waals surface area contributed by atoms with Crippen molar-refractivity contribution in [2.75, 3.05) is 33.4 Å². The molecule has 1 amide bonds. The average molecular weight is 466 g/mol. The zero-order valence-electron chi connectivity index (χ0n) is 21.3. The third kappa shape index (κ3) is 5.20. The second-order valence-corrected chi connectivity index (χ2v) is 10.6. The van der Waals surface area contributed by atoms with E-state index in [1.54, 1.807) is 4.90 Å². The van der Waals surface area contributed by atoms with Gasteiger partial charge in [0.1, 0.15) is 5.69 Å². The summed E-state index contributed by atoms with van der Waals surface area (Å²) in [6, 6.07) is 0.0141. The summed E-state index contributed by atoms with van der Waals surface area (Å²) in [5.74, 6) is 0.0756. The number of hydrogen-bond donors (Lipinski definition) is 2. The first-order valence-electron chi connectivity index (χ1n) is 12.4. The van der Waals surface area contributed by atoms with Crippen LogP contribution in [0.5, 0.6) is 0 Å². The average Bonchev–Trinajstić information content (AvgIpc) is 3.23. The van der Waals surface area contributed by atoms with E-state index >= 15 is 0 Å². The molecule has 1 saturated heterocycles. The molecule has 0 spiro atoms. The summed E-state index contributed by atoms with van der Waals surface area (Å²) in [5.41, 5.74) is 6.51. The van der Waals surface area contributed by atoms with Gasteiger partial charge >= 0.3 is 0 Å². The van der Waals surface area contributed by atoms with Gasteiger partial charge in [0.15, 0.2) is 0 Å². The van der Waals surface area contributed by atoms with Gasteiger partial charge in [0.2, 0.25) is 5.91 Å². The summed E-state index contributed by atoms with van der Waals surface area (Å²) >= 11 is 0. The predicted molar refractivity (Wildman–Crippen MR) is 136 cm³/mol. The number of rotatable bonds is 4. The van der Waals surface area contributed by atoms with Crippen molar-refractivity contribution in [1.82, 2.24) is 25.3 Å². The van der Waals surface area contributed by atoms with Gasteiger partial charge in [-0.15, -0.1) is 0 Å². The highest BCUT2D eigenvalue weighted by Gasteiger charge is 2.31. The fourth-order valence-electron chi connectivity index (χ4n) is 5.15. The van der Waals surface area contributed by atoms with Crippen LogP contribution in [0.25, 0.3) is 5.70 Å². The van der Waals surface area contributed by atoms with Crippen molar-refractivity contribution in [3.05, 3.63) is 59.1 Å². The third-order valence-electron chi connectivity index (χ3n) is 7.31. The fraction of sp³-hybridized carbons (Fsp3) is 0.556. The summed E-state index contributed by atoms with van der Waals surface area (Å²) in [7, 11) is 1.85. The number of nitrogens with zero attached hydrogens (tertiary/aromatic N) is 3. The van der Waals surface area contributed by atoms with Crippen LogP contribution in [-0.4, -0.2) is 71.3 Å². The standard InChI is InChI=1S/C27H39N5O2/c1-18-7-8-21(31(6)26(33)20(3)32-13-14-34-17-19(32)2)10-12-28-23(15-18)25-22-9-11-27(4,5)16-24(22)29-30-25/h7-8,10,15,19-20,28H,1,9,11-14,16-17H2,2-6H3,(H,29,30)/b8-7-,21-10+,23-15?. The fourth-order valence-corrected chi connectivity index (χ4v) is 5.15. The first kappa shape index (κ1) is 24.5. The molecular weight excluding hydrogens is 426 g/mol. The lowest BCUT2D eigenvalue weighted by molar-refractivity contribution is -0.136. The van der Waals surface area contributed by atoms with Gasteiger partial charge in [-0.05, 0) is 62.3 Å². The van der Waals surface area contributed by atoms with Gasteiger partial charge < -0.3 is 15.0 Å². The van der Waals surface area contributed by atoms with Gasteiger partial charge in [0.25, 0.3) is 0 Å². The lowest BCUT2D eigenvalue weighted by Crippen LogP contribution is -2.53. The van der Waals surface area contributed by atoms with Crippen molar-refractivity contribution in [3.63, 3.8) is 0 Å². The maximum Gasteiger partial charge on any atom is 0.243 e. The number of aromatic nitrogens is 2. The molecule has 1 aliphatic carbocycles. The number of fused-ring (bicyclic) bond motifs is 1. The quantitative estimate of drug-likeness (QED) is 0.713. The molecule has 0 saturated carbocycles. The minimum absolute atomic E-state index is 0.0756. The number of likely N-dealkylation sites (N-methyl/N-ethyl adjacent to an activating group) is 1. The summed E-state index contributed by atoms with van der Waals surface area (Å²) < 4.78 is 5.54. The molecule has 2 N–H and O–H groups in total. The van der Waals surface area contributed by atoms with Crippen LogP contribution in [0.3, 0.4) is 0 Å². The van der Waals surface area contributed by atoms with Crippen molar-refractivity contribution in [3.8, 4) is 0 Å². The number of aromatic amines is 1. The van der Waals surface area contributed by atoms with Crippen molar-refractivity contribution < 1.29 is 9.53 Å². The highest BCUT2D eigenvalue weighted by Crippen LogP contribution is 2.36. The smallest absolute Gasteiger partial charge is 0.243 e. The van der Waals surface area contributed by atoms with Crippen LogP contribution < -0.4 is 5.32 Å². The Kier molecular flexibility index (Phi) is 7.14. The van der Waals surface area contributed by atoms with Crippen molar-refractivity contribution in [1.29, 1.82) is 0 Å². The van der Waals surface area contributed by atoms with Gasteiger partial charge in [-0.1, -0.05) is 26.5 Å². The third-order valence-corrected chi connectivity index (χ3v) is 7.31. The first-order chi connectivity index (χ1) is 16.2. The van der Waals surface area contributed by atoms with Crippen LogP contribution >= 0.6 is 0 Å². The van der Waals surface area contributed by atoms with E-state index in [0.717, 1.165) is 48.5 Å². The number of hydrogen-bond acceptors (Lipinski definition) is 5. The monoisotopic (exact) mass is 465 g/mol. The summed E-state index contributed by atoms with van der Waals surface area (Å²) in [4.78, 5) is 17.3. The Morgan fingerprint density at radius 3 is 2.94 bits per heavy atom. The highest BCUT2D eigenvalue weighted by atomic mass is 16.5. The Morgan fingerprint density at radius 2 is 2.18 bits per heavy atom. The van der Waals surface area contributed by atoms with Crippen molar-refractivity contribution in [2.45, 2.75) is 59.0 Å². The van der Waals surface area contributed by atoms with E-state index in [9.17, 15) is 4.79 Å². The molecule has 0 aromatic carbocycles. The molecule has 1 aromatic heterocycles. The van der Waals surface area contributed by atoms with Crippen LogP contribution in [-0.2, 0) is 22.4 Å². The SMILES string of the molecule is C=C1C=C(c2n[nH]c3c2CCC(C)(C)C3)NC/C=C(N(C)C(=O)C(C)N2CCOCC2C)\C=C/1. The predicted octanol–water partition coefficient (Wildman–Crippen LogP) is 3.43. The maximum absolute atomic E-state index is 13.3. The summed E-state index contributed by atoms with van der Waals surface area (Å²) in [6.07, 6.45) is 11.2. The number of ether oxygens (including phenoxy) is 1. The Labute approximate surface area is 203 Å². The lowest BCUT2D eigenvalue weighted by Gasteiger charge is -2.38. The summed E-state index contributed by atoms with van der Waals surface area (Å²) in [5, 5.41) is 11.5. The second-order valence-electron chi connectivity index (χ2n) is 10.6. The number of carbonyl (C=O) groups is 1. The normalized spacial score (nSPS) is 26.5. The Morgan fingerprint density at radius 1 is 1.38 bits per heavy atom. The van der Waals surface area contributed by atoms with E-state index in [0.29, 0.717) is 25.2 Å². The number of nitrogens with one attached hydrogen (secondary N) is 2. The number of morpholine rings is 1. The van der Waals surface area contributed by atoms with Gasteiger partial charge in [-0.3, -0.25) is 14.8 Å². The minimum Gasteiger partial charge on any atom is -0.380 e. The topological polar surface area (TPSA) is 73.5 Å². The molecule has 2 unspecified atom stereocenters. The molecule has 0 radical (unpaired) electrons. The van der Waals surface area contributed by atoms with E-state index < -0.39 is 0 Å². The Bertz CT molecular complexity index is 1030. The lowest BCUT2D eigenvalue weighted by atomic mass is 9.76. The van der Waals surface area contributed by atoms with Gasteiger partial charge in [-0.25, -0.2) is 0 Å². The molecule has 4 rings (SSSR count). The largest absolute Gasteiger partial charge is 0.380 e. The van der Waals surface area contributed by atoms with E-state index in [-0.39, 0.29) is 18.0 Å². The Hall–Kier alpha value is -2.64. The van der Waals surface area contributed by atoms with E-state index in [2.05, 4.69) is 53.8 Å². The molecule has 3 heterocycles. The molecule has 2 atom stereocenters. The molecule has 7 heteroatoms. The zero-order valence-corrected chi connectivity index (χ0v) is 21.3.